The van der Waals surface area contributed by atoms with E-state index in [4.69, 9.17) is 4.52 Å². The fourth-order valence-electron chi connectivity index (χ4n) is 1.39. The third-order valence-electron chi connectivity index (χ3n) is 2.31. The van der Waals surface area contributed by atoms with Crippen LogP contribution in [0, 0.1) is 13.8 Å². The lowest BCUT2D eigenvalue weighted by Gasteiger charge is -2.06. The van der Waals surface area contributed by atoms with Crippen LogP contribution in [-0.2, 0) is 0 Å². The molecule has 0 aliphatic rings. The van der Waals surface area contributed by atoms with E-state index in [1.807, 2.05) is 25.1 Å². The van der Waals surface area contributed by atoms with Gasteiger partial charge in [-0.2, -0.15) is 0 Å². The van der Waals surface area contributed by atoms with Crippen molar-refractivity contribution in [2.75, 3.05) is 5.32 Å². The molecule has 4 nitrogen and oxygen atoms in total. The van der Waals surface area contributed by atoms with Gasteiger partial charge in [-0.3, -0.25) is 4.79 Å². The number of hydrogen-bond acceptors (Lipinski definition) is 3. The molecule has 5 heteroatoms. The lowest BCUT2D eigenvalue weighted by Crippen LogP contribution is -2.13. The molecule has 0 aliphatic heterocycles. The maximum Gasteiger partial charge on any atom is 0.277 e. The van der Waals surface area contributed by atoms with Crippen LogP contribution >= 0.6 is 15.9 Å². The van der Waals surface area contributed by atoms with Crippen molar-refractivity contribution < 1.29 is 9.32 Å². The number of carbonyl (C=O) groups excluding carboxylic acids is 1. The summed E-state index contributed by atoms with van der Waals surface area (Å²) in [6.07, 6.45) is 0. The molecule has 1 aromatic carbocycles. The number of anilines is 1. The predicted molar refractivity (Wildman–Crippen MR) is 68.1 cm³/mol. The molecule has 1 amide bonds. The first kappa shape index (κ1) is 11.9. The van der Waals surface area contributed by atoms with Crippen molar-refractivity contribution in [1.29, 1.82) is 0 Å². The molecule has 17 heavy (non-hydrogen) atoms. The van der Waals surface area contributed by atoms with Crippen molar-refractivity contribution in [1.82, 2.24) is 5.16 Å². The second-order valence-electron chi connectivity index (χ2n) is 3.74. The minimum atomic E-state index is -0.275. The quantitative estimate of drug-likeness (QED) is 0.924. The largest absolute Gasteiger partial charge is 0.361 e. The first-order chi connectivity index (χ1) is 8.06. The summed E-state index contributed by atoms with van der Waals surface area (Å²) in [7, 11) is 0. The van der Waals surface area contributed by atoms with Gasteiger partial charge in [-0.1, -0.05) is 27.2 Å². The zero-order valence-electron chi connectivity index (χ0n) is 9.45. The van der Waals surface area contributed by atoms with E-state index in [1.54, 1.807) is 13.0 Å². The highest BCUT2D eigenvalue weighted by atomic mass is 79.9. The van der Waals surface area contributed by atoms with Crippen LogP contribution in [0.25, 0.3) is 0 Å². The molecule has 0 saturated heterocycles. The number of rotatable bonds is 2. The zero-order chi connectivity index (χ0) is 12.4. The van der Waals surface area contributed by atoms with Crippen molar-refractivity contribution in [3.8, 4) is 0 Å². The van der Waals surface area contributed by atoms with Crippen LogP contribution in [0.2, 0.25) is 0 Å². The van der Waals surface area contributed by atoms with E-state index in [0.717, 1.165) is 15.7 Å². The summed E-state index contributed by atoms with van der Waals surface area (Å²) in [6, 6.07) is 7.29. The van der Waals surface area contributed by atoms with E-state index in [1.165, 1.54) is 0 Å². The van der Waals surface area contributed by atoms with Crippen molar-refractivity contribution in [3.05, 3.63) is 45.8 Å². The van der Waals surface area contributed by atoms with Crippen LogP contribution < -0.4 is 5.32 Å². The van der Waals surface area contributed by atoms with Gasteiger partial charge >= 0.3 is 0 Å². The molecule has 0 aliphatic carbocycles. The lowest BCUT2D eigenvalue weighted by molar-refractivity contribution is 0.101. The van der Waals surface area contributed by atoms with Crippen molar-refractivity contribution in [2.24, 2.45) is 0 Å². The molecule has 1 heterocycles. The number of hydrogen-bond donors (Lipinski definition) is 1. The average molecular weight is 295 g/mol. The molecule has 2 aromatic rings. The summed E-state index contributed by atoms with van der Waals surface area (Å²) in [5.41, 5.74) is 2.02. The fraction of sp³-hybridized carbons (Fsp3) is 0.167. The Kier molecular flexibility index (Phi) is 3.28. The molecule has 2 rings (SSSR count). The number of nitrogens with one attached hydrogen (secondary N) is 1. The number of amides is 1. The minimum Gasteiger partial charge on any atom is -0.361 e. The summed E-state index contributed by atoms with van der Waals surface area (Å²) < 4.78 is 5.77. The number of aromatic nitrogens is 1. The van der Waals surface area contributed by atoms with Gasteiger partial charge in [-0.25, -0.2) is 0 Å². The minimum absolute atomic E-state index is 0.275. The molecule has 0 spiro atoms. The Morgan fingerprint density at radius 1 is 1.35 bits per heavy atom. The monoisotopic (exact) mass is 294 g/mol. The summed E-state index contributed by atoms with van der Waals surface area (Å²) in [5, 5.41) is 6.45. The van der Waals surface area contributed by atoms with Gasteiger partial charge in [0.2, 0.25) is 0 Å². The molecule has 0 saturated carbocycles. The Balaban J connectivity index is 2.21. The highest BCUT2D eigenvalue weighted by Gasteiger charge is 2.12. The van der Waals surface area contributed by atoms with E-state index < -0.39 is 0 Å². The van der Waals surface area contributed by atoms with Gasteiger partial charge in [0.05, 0.1) is 0 Å². The Hall–Kier alpha value is -1.62. The van der Waals surface area contributed by atoms with Crippen LogP contribution in [0.1, 0.15) is 21.8 Å². The third kappa shape index (κ3) is 2.74. The van der Waals surface area contributed by atoms with E-state index in [9.17, 15) is 4.79 Å². The van der Waals surface area contributed by atoms with Crippen molar-refractivity contribution in [3.63, 3.8) is 0 Å². The Morgan fingerprint density at radius 3 is 2.76 bits per heavy atom. The topological polar surface area (TPSA) is 55.1 Å². The molecule has 0 unspecified atom stereocenters. The summed E-state index contributed by atoms with van der Waals surface area (Å²) in [6.45, 7) is 3.67. The standard InChI is InChI=1S/C12H11BrN2O2/c1-7-3-4-9(13)6-10(7)14-12(16)11-5-8(2)17-15-11/h3-6H,1-2H3,(H,14,16). The average Bonchev–Trinajstić information content (AvgIpc) is 2.70. The second-order valence-corrected chi connectivity index (χ2v) is 4.65. The van der Waals surface area contributed by atoms with E-state index in [-0.39, 0.29) is 11.6 Å². The number of halogens is 1. The SMILES string of the molecule is Cc1cc(C(=O)Nc2cc(Br)ccc2C)no1. The molecular weight excluding hydrogens is 284 g/mol. The third-order valence-corrected chi connectivity index (χ3v) is 2.80. The highest BCUT2D eigenvalue weighted by Crippen LogP contribution is 2.21. The smallest absolute Gasteiger partial charge is 0.277 e. The fourth-order valence-corrected chi connectivity index (χ4v) is 1.75. The van der Waals surface area contributed by atoms with Gasteiger partial charge < -0.3 is 9.84 Å². The van der Waals surface area contributed by atoms with Crippen LogP contribution in [0.5, 0.6) is 0 Å². The van der Waals surface area contributed by atoms with Crippen LogP contribution in [0.15, 0.2) is 33.3 Å². The Morgan fingerprint density at radius 2 is 2.12 bits per heavy atom. The van der Waals surface area contributed by atoms with Gasteiger partial charge in [-0.05, 0) is 31.5 Å². The van der Waals surface area contributed by atoms with E-state index in [0.29, 0.717) is 5.76 Å². The van der Waals surface area contributed by atoms with Gasteiger partial charge in [-0.15, -0.1) is 0 Å². The highest BCUT2D eigenvalue weighted by molar-refractivity contribution is 9.10. The maximum atomic E-state index is 11.8. The van der Waals surface area contributed by atoms with Crippen molar-refractivity contribution in [2.45, 2.75) is 13.8 Å². The number of nitrogens with zero attached hydrogens (tertiary/aromatic N) is 1. The van der Waals surface area contributed by atoms with Gasteiger partial charge in [0.25, 0.3) is 5.91 Å². The predicted octanol–water partition coefficient (Wildman–Crippen LogP) is 3.31. The molecule has 1 aromatic heterocycles. The lowest BCUT2D eigenvalue weighted by atomic mass is 10.2. The van der Waals surface area contributed by atoms with Crippen molar-refractivity contribution >= 4 is 27.5 Å². The van der Waals surface area contributed by atoms with Crippen LogP contribution in [-0.4, -0.2) is 11.1 Å². The molecule has 88 valence electrons. The number of aryl methyl sites for hydroxylation is 2. The summed E-state index contributed by atoms with van der Waals surface area (Å²) in [4.78, 5) is 11.8. The Labute approximate surface area is 107 Å². The molecule has 0 bridgehead atoms. The molecule has 1 N–H and O–H groups in total. The first-order valence-electron chi connectivity index (χ1n) is 5.07. The van der Waals surface area contributed by atoms with E-state index in [2.05, 4.69) is 26.4 Å². The van der Waals surface area contributed by atoms with Gasteiger partial charge in [0.15, 0.2) is 5.69 Å². The molecular formula is C12H11BrN2O2. The molecule has 0 atom stereocenters. The number of benzene rings is 1. The van der Waals surface area contributed by atoms with Gasteiger partial charge in [0.1, 0.15) is 5.76 Å². The maximum absolute atomic E-state index is 11.8. The van der Waals surface area contributed by atoms with E-state index >= 15 is 0 Å². The normalized spacial score (nSPS) is 10.3. The zero-order valence-corrected chi connectivity index (χ0v) is 11.0. The molecule has 0 radical (unpaired) electrons. The molecule has 0 fully saturated rings. The van der Waals surface area contributed by atoms with Gasteiger partial charge in [0, 0.05) is 16.2 Å². The first-order valence-corrected chi connectivity index (χ1v) is 5.86. The summed E-state index contributed by atoms with van der Waals surface area (Å²) >= 11 is 3.36. The number of carbonyl (C=O) groups is 1. The Bertz CT molecular complexity index is 563. The second kappa shape index (κ2) is 4.71. The van der Waals surface area contributed by atoms with Crippen LogP contribution in [0.3, 0.4) is 0 Å². The van der Waals surface area contributed by atoms with Crippen LogP contribution in [0.4, 0.5) is 5.69 Å². The summed E-state index contributed by atoms with van der Waals surface area (Å²) in [5.74, 6) is 0.337.